The maximum Gasteiger partial charge on any atom is 0.241 e. The van der Waals surface area contributed by atoms with Gasteiger partial charge in [0.1, 0.15) is 0 Å². The van der Waals surface area contributed by atoms with Crippen LogP contribution >= 0.6 is 15.9 Å². The summed E-state index contributed by atoms with van der Waals surface area (Å²) >= 11 is 3.52. The molecule has 106 valence electrons. The number of nitrogens with one attached hydrogen (secondary N) is 1. The Hall–Kier alpha value is -1.39. The normalized spacial score (nSPS) is 13.2. The lowest BCUT2D eigenvalue weighted by Crippen LogP contribution is -2.45. The SMILES string of the molecule is CC(C)(C)[C@H](N)C(=O)Nc1ccc(Br)c2ccccc12. The lowest BCUT2D eigenvalue weighted by Gasteiger charge is -2.26. The van der Waals surface area contributed by atoms with Crippen molar-refractivity contribution in [2.75, 3.05) is 5.32 Å². The van der Waals surface area contributed by atoms with Crippen molar-refractivity contribution < 1.29 is 4.79 Å². The van der Waals surface area contributed by atoms with E-state index in [4.69, 9.17) is 5.73 Å². The van der Waals surface area contributed by atoms with Crippen LogP contribution in [0.15, 0.2) is 40.9 Å². The second kappa shape index (κ2) is 5.54. The van der Waals surface area contributed by atoms with Crippen LogP contribution < -0.4 is 11.1 Å². The number of rotatable bonds is 2. The van der Waals surface area contributed by atoms with Gasteiger partial charge in [0.05, 0.1) is 6.04 Å². The van der Waals surface area contributed by atoms with E-state index in [-0.39, 0.29) is 11.3 Å². The highest BCUT2D eigenvalue weighted by atomic mass is 79.9. The predicted molar refractivity (Wildman–Crippen MR) is 87.7 cm³/mol. The third kappa shape index (κ3) is 3.02. The number of amides is 1. The quantitative estimate of drug-likeness (QED) is 0.874. The Morgan fingerprint density at radius 3 is 2.35 bits per heavy atom. The van der Waals surface area contributed by atoms with Crippen LogP contribution in [0.4, 0.5) is 5.69 Å². The molecule has 1 atom stereocenters. The first-order valence-electron chi connectivity index (χ1n) is 6.54. The molecule has 0 aromatic heterocycles. The van der Waals surface area contributed by atoms with Crippen LogP contribution in [0.25, 0.3) is 10.8 Å². The summed E-state index contributed by atoms with van der Waals surface area (Å²) in [6, 6.07) is 11.2. The van der Waals surface area contributed by atoms with Gasteiger partial charge in [-0.3, -0.25) is 4.79 Å². The van der Waals surface area contributed by atoms with Crippen LogP contribution in [0, 0.1) is 5.41 Å². The van der Waals surface area contributed by atoms with Crippen LogP contribution in [0.5, 0.6) is 0 Å². The van der Waals surface area contributed by atoms with Gasteiger partial charge in [0.15, 0.2) is 0 Å². The number of nitrogens with two attached hydrogens (primary N) is 1. The molecule has 0 aliphatic heterocycles. The number of anilines is 1. The average Bonchev–Trinajstić information content (AvgIpc) is 2.40. The van der Waals surface area contributed by atoms with Crippen molar-refractivity contribution in [3.63, 3.8) is 0 Å². The molecule has 0 aliphatic carbocycles. The van der Waals surface area contributed by atoms with E-state index in [0.717, 1.165) is 20.9 Å². The molecule has 2 aromatic carbocycles. The minimum absolute atomic E-state index is 0.162. The van der Waals surface area contributed by atoms with Crippen molar-refractivity contribution in [1.29, 1.82) is 0 Å². The molecular formula is C16H19BrN2O. The van der Waals surface area contributed by atoms with E-state index in [1.54, 1.807) is 0 Å². The number of hydrogen-bond donors (Lipinski definition) is 2. The van der Waals surface area contributed by atoms with Crippen LogP contribution in [0.3, 0.4) is 0 Å². The monoisotopic (exact) mass is 334 g/mol. The highest BCUT2D eigenvalue weighted by molar-refractivity contribution is 9.10. The summed E-state index contributed by atoms with van der Waals surface area (Å²) in [6.07, 6.45) is 0. The number of hydrogen-bond acceptors (Lipinski definition) is 2. The van der Waals surface area contributed by atoms with Gasteiger partial charge in [0.2, 0.25) is 5.91 Å². The summed E-state index contributed by atoms with van der Waals surface area (Å²) in [4.78, 5) is 12.2. The van der Waals surface area contributed by atoms with Gasteiger partial charge in [-0.25, -0.2) is 0 Å². The molecule has 1 amide bonds. The number of carbonyl (C=O) groups is 1. The van der Waals surface area contributed by atoms with Crippen LogP contribution in [-0.4, -0.2) is 11.9 Å². The molecule has 3 N–H and O–H groups in total. The zero-order valence-corrected chi connectivity index (χ0v) is 13.5. The van der Waals surface area contributed by atoms with E-state index < -0.39 is 6.04 Å². The van der Waals surface area contributed by atoms with Crippen molar-refractivity contribution in [2.45, 2.75) is 26.8 Å². The second-order valence-corrected chi connectivity index (χ2v) is 6.83. The Morgan fingerprint density at radius 2 is 1.75 bits per heavy atom. The zero-order chi connectivity index (χ0) is 14.9. The Morgan fingerprint density at radius 1 is 1.15 bits per heavy atom. The molecule has 0 spiro atoms. The van der Waals surface area contributed by atoms with E-state index in [2.05, 4.69) is 21.2 Å². The molecule has 2 aromatic rings. The van der Waals surface area contributed by atoms with Crippen LogP contribution in [-0.2, 0) is 4.79 Å². The molecule has 3 nitrogen and oxygen atoms in total. The molecule has 0 fully saturated rings. The fourth-order valence-electron chi connectivity index (χ4n) is 1.98. The molecule has 4 heteroatoms. The first-order chi connectivity index (χ1) is 9.30. The highest BCUT2D eigenvalue weighted by Crippen LogP contribution is 2.30. The van der Waals surface area contributed by atoms with Crippen molar-refractivity contribution >= 4 is 38.3 Å². The summed E-state index contributed by atoms with van der Waals surface area (Å²) < 4.78 is 1.01. The van der Waals surface area contributed by atoms with Gasteiger partial charge in [-0.15, -0.1) is 0 Å². The summed E-state index contributed by atoms with van der Waals surface area (Å²) in [7, 11) is 0. The van der Waals surface area contributed by atoms with Crippen molar-refractivity contribution in [1.82, 2.24) is 0 Å². The van der Waals surface area contributed by atoms with E-state index in [9.17, 15) is 4.79 Å². The molecule has 0 aliphatic rings. The third-order valence-corrected chi connectivity index (χ3v) is 4.04. The molecule has 0 heterocycles. The summed E-state index contributed by atoms with van der Waals surface area (Å²) in [5, 5.41) is 4.99. The minimum Gasteiger partial charge on any atom is -0.324 e. The molecular weight excluding hydrogens is 316 g/mol. The van der Waals surface area contributed by atoms with Gasteiger partial charge in [-0.05, 0) is 22.9 Å². The van der Waals surface area contributed by atoms with Gasteiger partial charge in [0.25, 0.3) is 0 Å². The average molecular weight is 335 g/mol. The standard InChI is InChI=1S/C16H19BrN2O/c1-16(2,3)14(18)15(20)19-13-9-8-12(17)10-6-4-5-7-11(10)13/h4-9,14H,18H2,1-3H3,(H,19,20)/t14-/m1/s1. The Kier molecular flexibility index (Phi) is 4.16. The van der Waals surface area contributed by atoms with Crippen LogP contribution in [0.2, 0.25) is 0 Å². The summed E-state index contributed by atoms with van der Waals surface area (Å²) in [5.41, 5.74) is 6.51. The molecule has 0 radical (unpaired) electrons. The number of fused-ring (bicyclic) bond motifs is 1. The van der Waals surface area contributed by atoms with Crippen LogP contribution in [0.1, 0.15) is 20.8 Å². The molecule has 2 rings (SSSR count). The van der Waals surface area contributed by atoms with Gasteiger partial charge < -0.3 is 11.1 Å². The zero-order valence-electron chi connectivity index (χ0n) is 11.9. The summed E-state index contributed by atoms with van der Waals surface area (Å²) in [6.45, 7) is 5.87. The van der Waals surface area contributed by atoms with Gasteiger partial charge in [0, 0.05) is 15.5 Å². The smallest absolute Gasteiger partial charge is 0.241 e. The molecule has 0 unspecified atom stereocenters. The number of carbonyl (C=O) groups excluding carboxylic acids is 1. The maximum absolute atomic E-state index is 12.2. The third-order valence-electron chi connectivity index (χ3n) is 3.34. The fraction of sp³-hybridized carbons (Fsp3) is 0.312. The lowest BCUT2D eigenvalue weighted by atomic mass is 9.87. The van der Waals surface area contributed by atoms with Gasteiger partial charge >= 0.3 is 0 Å². The fourth-order valence-corrected chi connectivity index (χ4v) is 2.45. The van der Waals surface area contributed by atoms with Crippen molar-refractivity contribution in [3.8, 4) is 0 Å². The minimum atomic E-state index is -0.551. The van der Waals surface area contributed by atoms with Gasteiger partial charge in [-0.1, -0.05) is 61.0 Å². The van der Waals surface area contributed by atoms with Crippen molar-refractivity contribution in [2.24, 2.45) is 11.1 Å². The largest absolute Gasteiger partial charge is 0.324 e. The first kappa shape index (κ1) is 15.0. The molecule has 0 saturated carbocycles. The second-order valence-electron chi connectivity index (χ2n) is 5.97. The predicted octanol–water partition coefficient (Wildman–Crippen LogP) is 3.91. The summed E-state index contributed by atoms with van der Waals surface area (Å²) in [5.74, 6) is -0.162. The van der Waals surface area contributed by atoms with E-state index in [1.807, 2.05) is 57.2 Å². The Balaban J connectivity index is 2.36. The van der Waals surface area contributed by atoms with E-state index >= 15 is 0 Å². The van der Waals surface area contributed by atoms with E-state index in [1.165, 1.54) is 0 Å². The topological polar surface area (TPSA) is 55.1 Å². The number of benzene rings is 2. The van der Waals surface area contributed by atoms with Gasteiger partial charge in [-0.2, -0.15) is 0 Å². The lowest BCUT2D eigenvalue weighted by molar-refractivity contribution is -0.119. The maximum atomic E-state index is 12.2. The molecule has 20 heavy (non-hydrogen) atoms. The Labute approximate surface area is 127 Å². The Bertz CT molecular complexity index is 646. The molecule has 0 saturated heterocycles. The molecule has 0 bridgehead atoms. The van der Waals surface area contributed by atoms with E-state index in [0.29, 0.717) is 0 Å². The van der Waals surface area contributed by atoms with Crippen molar-refractivity contribution in [3.05, 3.63) is 40.9 Å². The number of halogens is 1. The first-order valence-corrected chi connectivity index (χ1v) is 7.33. The highest BCUT2D eigenvalue weighted by Gasteiger charge is 2.27.